The number of ketones is 1. The van der Waals surface area contributed by atoms with Crippen molar-refractivity contribution in [2.24, 2.45) is 0 Å². The normalized spacial score (nSPS) is 10.2. The molecule has 0 aliphatic carbocycles. The molecule has 0 aliphatic heterocycles. The molecule has 0 aliphatic rings. The van der Waals surface area contributed by atoms with Crippen LogP contribution >= 0.6 is 0 Å². The zero-order valence-corrected chi connectivity index (χ0v) is 11.2. The highest BCUT2D eigenvalue weighted by Crippen LogP contribution is 2.17. The summed E-state index contributed by atoms with van der Waals surface area (Å²) in [6.45, 7) is 0. The lowest BCUT2D eigenvalue weighted by molar-refractivity contribution is 0.0682. The van der Waals surface area contributed by atoms with Gasteiger partial charge in [-0.3, -0.25) is 4.79 Å². The minimum absolute atomic E-state index is 0.0462. The molecule has 2 aromatic rings. The molecule has 2 N–H and O–H groups in total. The largest absolute Gasteiger partial charge is 0.478 e. The molecule has 0 aromatic heterocycles. The molecule has 0 heterocycles. The number of Topliss-reactive ketones (excluding diaryl/α,β-unsaturated/α-hetero) is 1. The van der Waals surface area contributed by atoms with Crippen LogP contribution in [0.5, 0.6) is 0 Å². The predicted molar refractivity (Wildman–Crippen MR) is 74.8 cm³/mol. The second-order valence-electron chi connectivity index (χ2n) is 4.53. The summed E-state index contributed by atoms with van der Waals surface area (Å²) in [5.74, 6) is -4.28. The van der Waals surface area contributed by atoms with Crippen LogP contribution < -0.4 is 0 Å². The molecule has 0 amide bonds. The SMILES string of the molecule is O=C(O)c1ccccc1C(=O)Cc1cccc(C(=O)O)c1F. The van der Waals surface area contributed by atoms with Crippen molar-refractivity contribution in [3.63, 3.8) is 0 Å². The topological polar surface area (TPSA) is 91.7 Å². The van der Waals surface area contributed by atoms with Gasteiger partial charge in [0.2, 0.25) is 0 Å². The monoisotopic (exact) mass is 302 g/mol. The van der Waals surface area contributed by atoms with E-state index in [1.54, 1.807) is 0 Å². The lowest BCUT2D eigenvalue weighted by Crippen LogP contribution is -2.12. The van der Waals surface area contributed by atoms with Gasteiger partial charge in [-0.25, -0.2) is 14.0 Å². The van der Waals surface area contributed by atoms with Crippen LogP contribution in [0, 0.1) is 5.82 Å². The van der Waals surface area contributed by atoms with E-state index in [0.717, 1.165) is 6.07 Å². The van der Waals surface area contributed by atoms with Gasteiger partial charge in [0.1, 0.15) is 5.82 Å². The van der Waals surface area contributed by atoms with Crippen molar-refractivity contribution in [1.82, 2.24) is 0 Å². The van der Waals surface area contributed by atoms with E-state index in [-0.39, 0.29) is 16.7 Å². The summed E-state index contributed by atoms with van der Waals surface area (Å²) in [5, 5.41) is 17.9. The number of rotatable bonds is 5. The lowest BCUT2D eigenvalue weighted by atomic mass is 9.97. The van der Waals surface area contributed by atoms with Crippen molar-refractivity contribution in [3.8, 4) is 0 Å². The number of halogens is 1. The molecule has 0 fully saturated rings. The van der Waals surface area contributed by atoms with Crippen LogP contribution in [-0.4, -0.2) is 27.9 Å². The van der Waals surface area contributed by atoms with Gasteiger partial charge in [-0.2, -0.15) is 0 Å². The van der Waals surface area contributed by atoms with Crippen molar-refractivity contribution in [3.05, 3.63) is 70.5 Å². The maximum Gasteiger partial charge on any atom is 0.338 e. The second-order valence-corrected chi connectivity index (χ2v) is 4.53. The number of carboxylic acid groups (broad SMARTS) is 2. The fourth-order valence-electron chi connectivity index (χ4n) is 2.06. The van der Waals surface area contributed by atoms with E-state index in [2.05, 4.69) is 0 Å². The number of aromatic carboxylic acids is 2. The summed E-state index contributed by atoms with van der Waals surface area (Å²) < 4.78 is 14.0. The summed E-state index contributed by atoms with van der Waals surface area (Å²) in [6.07, 6.45) is -0.419. The van der Waals surface area contributed by atoms with Crippen LogP contribution in [0.2, 0.25) is 0 Å². The first kappa shape index (κ1) is 15.4. The zero-order valence-electron chi connectivity index (χ0n) is 11.2. The van der Waals surface area contributed by atoms with Crippen molar-refractivity contribution < 1.29 is 29.0 Å². The lowest BCUT2D eigenvalue weighted by Gasteiger charge is -2.07. The van der Waals surface area contributed by atoms with Crippen molar-refractivity contribution in [2.75, 3.05) is 0 Å². The zero-order chi connectivity index (χ0) is 16.3. The van der Waals surface area contributed by atoms with E-state index in [9.17, 15) is 18.8 Å². The molecule has 112 valence electrons. The Kier molecular flexibility index (Phi) is 4.31. The molecular weight excluding hydrogens is 291 g/mol. The Hall–Kier alpha value is -3.02. The molecule has 0 saturated heterocycles. The number of benzene rings is 2. The molecule has 2 aromatic carbocycles. The van der Waals surface area contributed by atoms with E-state index in [1.807, 2.05) is 0 Å². The molecule has 6 heteroatoms. The van der Waals surface area contributed by atoms with Gasteiger partial charge in [-0.1, -0.05) is 30.3 Å². The highest BCUT2D eigenvalue weighted by atomic mass is 19.1. The molecule has 5 nitrogen and oxygen atoms in total. The third-order valence-electron chi connectivity index (χ3n) is 3.12. The Bertz CT molecular complexity index is 767. The van der Waals surface area contributed by atoms with Gasteiger partial charge in [0.05, 0.1) is 11.1 Å². The van der Waals surface area contributed by atoms with Crippen LogP contribution in [-0.2, 0) is 6.42 Å². The summed E-state index contributed by atoms with van der Waals surface area (Å²) in [7, 11) is 0. The predicted octanol–water partition coefficient (Wildman–Crippen LogP) is 2.65. The van der Waals surface area contributed by atoms with E-state index in [1.165, 1.54) is 36.4 Å². The van der Waals surface area contributed by atoms with Gasteiger partial charge in [0.25, 0.3) is 0 Å². The van der Waals surface area contributed by atoms with Gasteiger partial charge in [0.15, 0.2) is 5.78 Å². The summed E-state index contributed by atoms with van der Waals surface area (Å²) in [5.41, 5.74) is -0.848. The minimum atomic E-state index is -1.43. The van der Waals surface area contributed by atoms with Crippen molar-refractivity contribution in [1.29, 1.82) is 0 Å². The van der Waals surface area contributed by atoms with Gasteiger partial charge >= 0.3 is 11.9 Å². The van der Waals surface area contributed by atoms with Crippen molar-refractivity contribution >= 4 is 17.7 Å². The Morgan fingerprint density at radius 1 is 0.818 bits per heavy atom. The first-order valence-electron chi connectivity index (χ1n) is 6.28. The maximum absolute atomic E-state index is 14.0. The van der Waals surface area contributed by atoms with E-state index < -0.39 is 35.5 Å². The number of carbonyl (C=O) groups is 3. The smallest absolute Gasteiger partial charge is 0.338 e. The fourth-order valence-corrected chi connectivity index (χ4v) is 2.06. The van der Waals surface area contributed by atoms with E-state index in [4.69, 9.17) is 10.2 Å². The number of hydrogen-bond acceptors (Lipinski definition) is 3. The molecule has 2 rings (SSSR count). The molecule has 0 atom stereocenters. The quantitative estimate of drug-likeness (QED) is 0.828. The Morgan fingerprint density at radius 2 is 1.36 bits per heavy atom. The summed E-state index contributed by atoms with van der Waals surface area (Å²) >= 11 is 0. The highest BCUT2D eigenvalue weighted by Gasteiger charge is 2.19. The molecular formula is C16H11FO5. The van der Waals surface area contributed by atoms with Crippen LogP contribution in [0.4, 0.5) is 4.39 Å². The molecule has 0 radical (unpaired) electrons. The Labute approximate surface area is 124 Å². The minimum Gasteiger partial charge on any atom is -0.478 e. The van der Waals surface area contributed by atoms with Crippen LogP contribution in [0.25, 0.3) is 0 Å². The van der Waals surface area contributed by atoms with E-state index in [0.29, 0.717) is 0 Å². The van der Waals surface area contributed by atoms with Gasteiger partial charge < -0.3 is 10.2 Å². The first-order valence-corrected chi connectivity index (χ1v) is 6.28. The standard InChI is InChI=1S/C16H11FO5/c17-14-9(4-3-7-12(14)16(21)22)8-13(18)10-5-1-2-6-11(10)15(19)20/h1-7H,8H2,(H,19,20)(H,21,22). The molecule has 22 heavy (non-hydrogen) atoms. The average molecular weight is 302 g/mol. The maximum atomic E-state index is 14.0. The van der Waals surface area contributed by atoms with Crippen LogP contribution in [0.3, 0.4) is 0 Å². The van der Waals surface area contributed by atoms with Crippen molar-refractivity contribution in [2.45, 2.75) is 6.42 Å². The number of hydrogen-bond donors (Lipinski definition) is 2. The number of carboxylic acids is 2. The van der Waals surface area contributed by atoms with Crippen LogP contribution in [0.15, 0.2) is 42.5 Å². The Balaban J connectivity index is 2.37. The van der Waals surface area contributed by atoms with Gasteiger partial charge in [-0.15, -0.1) is 0 Å². The summed E-state index contributed by atoms with van der Waals surface area (Å²) in [6, 6.07) is 9.32. The molecule has 0 unspecified atom stereocenters. The average Bonchev–Trinajstić information content (AvgIpc) is 2.49. The third-order valence-corrected chi connectivity index (χ3v) is 3.12. The van der Waals surface area contributed by atoms with E-state index >= 15 is 0 Å². The number of carbonyl (C=O) groups excluding carboxylic acids is 1. The molecule has 0 saturated carbocycles. The Morgan fingerprint density at radius 3 is 1.95 bits per heavy atom. The fraction of sp³-hybridized carbons (Fsp3) is 0.0625. The van der Waals surface area contributed by atoms with Gasteiger partial charge in [0, 0.05) is 12.0 Å². The molecule has 0 bridgehead atoms. The van der Waals surface area contributed by atoms with Gasteiger partial charge in [-0.05, 0) is 17.7 Å². The van der Waals surface area contributed by atoms with Crippen LogP contribution in [0.1, 0.15) is 36.6 Å². The summed E-state index contributed by atoms with van der Waals surface area (Å²) in [4.78, 5) is 34.2. The third kappa shape index (κ3) is 3.01. The second kappa shape index (κ2) is 6.17. The highest BCUT2D eigenvalue weighted by molar-refractivity contribution is 6.06. The first-order chi connectivity index (χ1) is 10.4. The molecule has 0 spiro atoms.